The number of rotatable bonds is 12. The molecule has 0 N–H and O–H groups in total. The summed E-state index contributed by atoms with van der Waals surface area (Å²) in [5.74, 6) is -2.08. The van der Waals surface area contributed by atoms with Gasteiger partial charge >= 0.3 is 11.9 Å². The molecule has 7 nitrogen and oxygen atoms in total. The lowest BCUT2D eigenvalue weighted by Gasteiger charge is -2.30. The molecule has 0 saturated heterocycles. The summed E-state index contributed by atoms with van der Waals surface area (Å²) in [5, 5.41) is 0. The predicted molar refractivity (Wildman–Crippen MR) is 179 cm³/mol. The minimum Gasteiger partial charge on any atom is -0.488 e. The topological polar surface area (TPSA) is 88.1 Å². The highest BCUT2D eigenvalue weighted by Crippen LogP contribution is 2.40. The maximum absolute atomic E-state index is 14.7. The van der Waals surface area contributed by atoms with Crippen molar-refractivity contribution in [2.45, 2.75) is 71.9 Å². The lowest BCUT2D eigenvalue weighted by Crippen LogP contribution is -2.34. The molecule has 47 heavy (non-hydrogen) atoms. The normalized spacial score (nSPS) is 16.1. The Kier molecular flexibility index (Phi) is 11.1. The van der Waals surface area contributed by atoms with Crippen LogP contribution in [0, 0.1) is 11.8 Å². The standard InChI is InChI=1S/C40H42O7/c1-40(2,3)47-38(42)31-23-34(44-25-28-15-7-4-8-16-28)36(35(24-31)45-26-29-17-9-5-10-18-29)37(41)32-21-13-14-22-33(32)39(43)46-27-30-19-11-6-12-20-30/h4-12,15-20,23-24,32-33H,13-14,21-22,25-27H2,1-3H3/t32-,33-/m0/s1. The van der Waals surface area contributed by atoms with Crippen molar-refractivity contribution in [2.75, 3.05) is 0 Å². The summed E-state index contributed by atoms with van der Waals surface area (Å²) < 4.78 is 24.1. The highest BCUT2D eigenvalue weighted by atomic mass is 16.6. The van der Waals surface area contributed by atoms with Gasteiger partial charge in [-0.25, -0.2) is 4.79 Å². The van der Waals surface area contributed by atoms with Crippen LogP contribution in [0.3, 0.4) is 0 Å². The number of hydrogen-bond acceptors (Lipinski definition) is 7. The van der Waals surface area contributed by atoms with Crippen molar-refractivity contribution in [3.8, 4) is 11.5 Å². The molecule has 1 fully saturated rings. The summed E-state index contributed by atoms with van der Waals surface area (Å²) >= 11 is 0. The number of hydrogen-bond donors (Lipinski definition) is 0. The SMILES string of the molecule is CC(C)(C)OC(=O)c1cc(OCc2ccccc2)c(C(=O)[C@H]2CCCC[C@@H]2C(=O)OCc2ccccc2)c(OCc2ccccc2)c1. The van der Waals surface area contributed by atoms with Gasteiger partial charge in [0.25, 0.3) is 0 Å². The van der Waals surface area contributed by atoms with Gasteiger partial charge in [-0.15, -0.1) is 0 Å². The van der Waals surface area contributed by atoms with Crippen LogP contribution in [0.5, 0.6) is 11.5 Å². The fraction of sp³-hybridized carbons (Fsp3) is 0.325. The van der Waals surface area contributed by atoms with Crippen molar-refractivity contribution in [3.63, 3.8) is 0 Å². The number of benzene rings is 4. The highest BCUT2D eigenvalue weighted by Gasteiger charge is 2.40. The molecular formula is C40H42O7. The monoisotopic (exact) mass is 634 g/mol. The smallest absolute Gasteiger partial charge is 0.338 e. The summed E-state index contributed by atoms with van der Waals surface area (Å²) in [7, 11) is 0. The molecule has 1 aliphatic rings. The minimum absolute atomic E-state index is 0.137. The van der Waals surface area contributed by atoms with E-state index in [4.69, 9.17) is 18.9 Å². The third-order valence-electron chi connectivity index (χ3n) is 8.05. The molecule has 0 amide bonds. The zero-order chi connectivity index (χ0) is 33.2. The Balaban J connectivity index is 1.52. The predicted octanol–water partition coefficient (Wildman–Crippen LogP) is 8.53. The summed E-state index contributed by atoms with van der Waals surface area (Å²) in [4.78, 5) is 41.5. The van der Waals surface area contributed by atoms with E-state index in [1.165, 1.54) is 0 Å². The van der Waals surface area contributed by atoms with Crippen molar-refractivity contribution in [1.82, 2.24) is 0 Å². The van der Waals surface area contributed by atoms with Gasteiger partial charge in [-0.3, -0.25) is 9.59 Å². The van der Waals surface area contributed by atoms with Crippen molar-refractivity contribution in [1.29, 1.82) is 0 Å². The zero-order valence-electron chi connectivity index (χ0n) is 27.3. The van der Waals surface area contributed by atoms with E-state index in [0.717, 1.165) is 29.5 Å². The minimum atomic E-state index is -0.739. The van der Waals surface area contributed by atoms with Crippen molar-refractivity contribution in [2.24, 2.45) is 11.8 Å². The van der Waals surface area contributed by atoms with Gasteiger partial charge < -0.3 is 18.9 Å². The third kappa shape index (κ3) is 9.32. The number of ketones is 1. The van der Waals surface area contributed by atoms with Crippen LogP contribution in [0.25, 0.3) is 0 Å². The molecule has 2 atom stereocenters. The molecule has 0 aliphatic heterocycles. The zero-order valence-corrected chi connectivity index (χ0v) is 27.3. The number of ether oxygens (including phenoxy) is 4. The summed E-state index contributed by atoms with van der Waals surface area (Å²) in [6.45, 7) is 5.83. The third-order valence-corrected chi connectivity index (χ3v) is 8.05. The second-order valence-electron chi connectivity index (χ2n) is 12.9. The molecule has 0 radical (unpaired) electrons. The van der Waals surface area contributed by atoms with Gasteiger partial charge in [-0.05, 0) is 62.4 Å². The van der Waals surface area contributed by atoms with Crippen molar-refractivity contribution in [3.05, 3.63) is 131 Å². The highest BCUT2D eigenvalue weighted by molar-refractivity contribution is 6.06. The van der Waals surface area contributed by atoms with E-state index in [-0.39, 0.29) is 48.2 Å². The number of esters is 2. The van der Waals surface area contributed by atoms with Crippen LogP contribution in [-0.4, -0.2) is 23.3 Å². The molecule has 1 aliphatic carbocycles. The van der Waals surface area contributed by atoms with Gasteiger partial charge in [0.15, 0.2) is 5.78 Å². The van der Waals surface area contributed by atoms with E-state index in [9.17, 15) is 14.4 Å². The van der Waals surface area contributed by atoms with E-state index in [2.05, 4.69) is 0 Å². The van der Waals surface area contributed by atoms with Crippen LogP contribution >= 0.6 is 0 Å². The number of Topliss-reactive ketones (excluding diaryl/α,β-unsaturated/α-hetero) is 1. The Bertz CT molecular complexity index is 1580. The molecule has 1 saturated carbocycles. The van der Waals surface area contributed by atoms with Gasteiger partial charge in [0.2, 0.25) is 0 Å². The van der Waals surface area contributed by atoms with E-state index < -0.39 is 29.4 Å². The summed E-state index contributed by atoms with van der Waals surface area (Å²) in [6, 6.07) is 31.7. The van der Waals surface area contributed by atoms with Crippen LogP contribution in [0.2, 0.25) is 0 Å². The summed E-state index contributed by atoms with van der Waals surface area (Å²) in [5.41, 5.74) is 2.32. The number of carbonyl (C=O) groups excluding carboxylic acids is 3. The van der Waals surface area contributed by atoms with Crippen LogP contribution in [-0.2, 0) is 34.1 Å². The van der Waals surface area contributed by atoms with E-state index in [1.54, 1.807) is 32.9 Å². The molecule has 0 heterocycles. The molecule has 0 aromatic heterocycles. The molecule has 244 valence electrons. The van der Waals surface area contributed by atoms with Crippen LogP contribution in [0.1, 0.15) is 83.9 Å². The van der Waals surface area contributed by atoms with Crippen LogP contribution < -0.4 is 9.47 Å². The first-order valence-corrected chi connectivity index (χ1v) is 16.2. The Labute approximate surface area is 276 Å². The molecule has 7 heteroatoms. The second kappa shape index (κ2) is 15.6. The largest absolute Gasteiger partial charge is 0.488 e. The molecule has 0 spiro atoms. The van der Waals surface area contributed by atoms with E-state index >= 15 is 0 Å². The Hall–Kier alpha value is -4.91. The Morgan fingerprint density at radius 3 is 1.55 bits per heavy atom. The fourth-order valence-electron chi connectivity index (χ4n) is 5.73. The molecule has 4 aromatic carbocycles. The van der Waals surface area contributed by atoms with Gasteiger partial charge in [0.1, 0.15) is 42.5 Å². The van der Waals surface area contributed by atoms with Gasteiger partial charge in [0.05, 0.1) is 11.5 Å². The lowest BCUT2D eigenvalue weighted by molar-refractivity contribution is -0.152. The number of carbonyl (C=O) groups is 3. The van der Waals surface area contributed by atoms with Crippen LogP contribution in [0.4, 0.5) is 0 Å². The second-order valence-corrected chi connectivity index (χ2v) is 12.9. The molecular weight excluding hydrogens is 592 g/mol. The molecule has 4 aromatic rings. The first kappa shape index (κ1) is 33.5. The van der Waals surface area contributed by atoms with Crippen molar-refractivity contribution >= 4 is 17.7 Å². The van der Waals surface area contributed by atoms with Crippen molar-refractivity contribution < 1.29 is 33.3 Å². The fourth-order valence-corrected chi connectivity index (χ4v) is 5.73. The first-order chi connectivity index (χ1) is 22.7. The van der Waals surface area contributed by atoms with Gasteiger partial charge in [-0.2, -0.15) is 0 Å². The Morgan fingerprint density at radius 1 is 0.638 bits per heavy atom. The molecule has 0 bridgehead atoms. The average molecular weight is 635 g/mol. The van der Waals surface area contributed by atoms with E-state index in [0.29, 0.717) is 12.8 Å². The van der Waals surface area contributed by atoms with Crippen LogP contribution in [0.15, 0.2) is 103 Å². The first-order valence-electron chi connectivity index (χ1n) is 16.2. The summed E-state index contributed by atoms with van der Waals surface area (Å²) in [6.07, 6.45) is 2.69. The van der Waals surface area contributed by atoms with Gasteiger partial charge in [-0.1, -0.05) is 104 Å². The van der Waals surface area contributed by atoms with E-state index in [1.807, 2.05) is 91.0 Å². The Morgan fingerprint density at radius 2 is 1.09 bits per heavy atom. The average Bonchev–Trinajstić information content (AvgIpc) is 3.09. The lowest BCUT2D eigenvalue weighted by atomic mass is 9.75. The van der Waals surface area contributed by atoms with Gasteiger partial charge in [0, 0.05) is 5.92 Å². The maximum Gasteiger partial charge on any atom is 0.338 e. The molecule has 5 rings (SSSR count). The quantitative estimate of drug-likeness (QED) is 0.114. The molecule has 0 unspecified atom stereocenters. The maximum atomic E-state index is 14.7.